The number of hydrogen-bond acceptors (Lipinski definition) is 17. The molecule has 30 nitrogen and oxygen atoms in total. The number of hydrogen-bond donors (Lipinski definition) is 16. The fraction of sp³-hybridized carbons (Fsp3) is 0.690. The topological polar surface area (TPSA) is 501 Å². The van der Waals surface area contributed by atoms with Crippen molar-refractivity contribution in [3.05, 3.63) is 0 Å². The molecule has 10 amide bonds. The van der Waals surface area contributed by atoms with Crippen LogP contribution < -0.4 is 59.7 Å². The number of carbonyl (C=O) groups is 13. The van der Waals surface area contributed by atoms with Crippen LogP contribution in [-0.4, -0.2) is 195 Å². The monoisotopic (exact) mass is 1030 g/mol. The highest BCUT2D eigenvalue weighted by molar-refractivity contribution is 5.99. The second kappa shape index (κ2) is 32.0. The number of unbranched alkanes of at least 4 members (excludes halogenated alkanes) is 1. The number of carbonyl (C=O) groups excluding carboxylic acids is 10. The zero-order valence-electron chi connectivity index (χ0n) is 40.3. The maximum absolute atomic E-state index is 13.9. The minimum Gasteiger partial charge on any atom is -0.481 e. The molecule has 0 aromatic carbocycles. The van der Waals surface area contributed by atoms with Crippen LogP contribution in [0.25, 0.3) is 0 Å². The van der Waals surface area contributed by atoms with Gasteiger partial charge < -0.3 is 90.2 Å². The number of nitrogens with one attached hydrogen (secondary N) is 8. The van der Waals surface area contributed by atoms with Crippen molar-refractivity contribution in [3.8, 4) is 0 Å². The first-order valence-corrected chi connectivity index (χ1v) is 23.1. The van der Waals surface area contributed by atoms with Gasteiger partial charge in [-0.15, -0.1) is 0 Å². The van der Waals surface area contributed by atoms with Crippen LogP contribution in [0.15, 0.2) is 0 Å². The van der Waals surface area contributed by atoms with Crippen LogP contribution in [0.5, 0.6) is 0 Å². The van der Waals surface area contributed by atoms with E-state index in [-0.39, 0.29) is 44.7 Å². The number of aliphatic carboxylic acids is 3. The SMILES string of the molecule is CC(C)C[C@H](NC(=O)[C@H](CCC(=O)O)NC(=O)[C@H](CO)NC(=O)CNC(=O)[C@H](CCC(N)=O)NC(=O)[C@@H](NC(=O)CN)[C@@H](C)O)C(=O)N[C@@H](CC(=O)O)C(=O)N1CCC[C@H]1C(=O)N[C@@H](CCCCN)C(=O)O. The average Bonchev–Trinajstić information content (AvgIpc) is 3.80. The molecule has 72 heavy (non-hydrogen) atoms. The van der Waals surface area contributed by atoms with Crippen LogP contribution in [-0.2, 0) is 62.3 Å². The molecule has 0 unspecified atom stereocenters. The number of aliphatic hydroxyl groups excluding tert-OH is 2. The maximum Gasteiger partial charge on any atom is 0.326 e. The number of rotatable bonds is 34. The van der Waals surface area contributed by atoms with Crippen molar-refractivity contribution in [2.24, 2.45) is 23.1 Å². The van der Waals surface area contributed by atoms with Gasteiger partial charge in [0.05, 0.1) is 32.2 Å². The van der Waals surface area contributed by atoms with Crippen LogP contribution in [0.3, 0.4) is 0 Å². The predicted octanol–water partition coefficient (Wildman–Crippen LogP) is -7.32. The molecule has 0 aromatic heterocycles. The standard InChI is InChI=1S/C42H70N12O18/c1-20(2)15-25(37(66)52-26(16-33(62)63)41(70)54-14-6-8-28(54)39(68)50-24(42(71)72)7-4-5-13-43)51-36(65)23(10-12-32(60)61)48-38(67)27(19-55)47-31(59)18-46-35(64)22(9-11-29(45)57)49-40(69)34(21(3)56)53-30(58)17-44/h20-28,34,55-56H,4-19,43-44H2,1-3H3,(H2,45,57)(H,46,64)(H,47,59)(H,48,67)(H,49,69)(H,50,68)(H,51,65)(H,52,66)(H,53,58)(H,60,61)(H,62,63)(H,71,72)/t21-,22+,23+,24+,25+,26+,27+,28+,34+/m1/s1. The molecular formula is C42H70N12O18. The van der Waals surface area contributed by atoms with Gasteiger partial charge in [-0.3, -0.25) is 57.5 Å². The van der Waals surface area contributed by atoms with Crippen LogP contribution in [0.1, 0.15) is 91.4 Å². The summed E-state index contributed by atoms with van der Waals surface area (Å²) >= 11 is 0. The van der Waals surface area contributed by atoms with E-state index in [4.69, 9.17) is 17.2 Å². The summed E-state index contributed by atoms with van der Waals surface area (Å²) < 4.78 is 0. The first kappa shape index (κ1) is 63.0. The van der Waals surface area contributed by atoms with Crippen LogP contribution >= 0.6 is 0 Å². The Morgan fingerprint density at radius 3 is 1.74 bits per heavy atom. The Morgan fingerprint density at radius 2 is 1.19 bits per heavy atom. The molecular weight excluding hydrogens is 961 g/mol. The lowest BCUT2D eigenvalue weighted by molar-refractivity contribution is -0.147. The number of nitrogens with two attached hydrogens (primary N) is 3. The van der Waals surface area contributed by atoms with Crippen LogP contribution in [0.4, 0.5) is 0 Å². The molecule has 1 rings (SSSR count). The molecule has 1 fully saturated rings. The molecule has 1 heterocycles. The summed E-state index contributed by atoms with van der Waals surface area (Å²) in [4.78, 5) is 167. The van der Waals surface area contributed by atoms with E-state index >= 15 is 0 Å². The second-order valence-electron chi connectivity index (χ2n) is 17.3. The van der Waals surface area contributed by atoms with Gasteiger partial charge in [0.15, 0.2) is 0 Å². The highest BCUT2D eigenvalue weighted by Gasteiger charge is 2.41. The fourth-order valence-electron chi connectivity index (χ4n) is 7.14. The molecule has 0 aromatic rings. The minimum absolute atomic E-state index is 0.0454. The van der Waals surface area contributed by atoms with Crippen molar-refractivity contribution >= 4 is 77.0 Å². The van der Waals surface area contributed by atoms with Crippen molar-refractivity contribution in [3.63, 3.8) is 0 Å². The minimum atomic E-state index is -1.86. The summed E-state index contributed by atoms with van der Waals surface area (Å²) in [6.07, 6.45) is -3.61. The van der Waals surface area contributed by atoms with E-state index in [0.717, 1.165) is 11.8 Å². The molecule has 9 atom stereocenters. The summed E-state index contributed by atoms with van der Waals surface area (Å²) in [6.45, 7) is 2.05. The molecule has 30 heteroatoms. The largest absolute Gasteiger partial charge is 0.481 e. The van der Waals surface area contributed by atoms with Crippen molar-refractivity contribution < 1.29 is 87.9 Å². The van der Waals surface area contributed by atoms with Crippen molar-refractivity contribution in [1.29, 1.82) is 0 Å². The lowest BCUT2D eigenvalue weighted by atomic mass is 10.0. The van der Waals surface area contributed by atoms with E-state index in [9.17, 15) is 87.9 Å². The second-order valence-corrected chi connectivity index (χ2v) is 17.3. The first-order valence-electron chi connectivity index (χ1n) is 23.1. The molecule has 1 saturated heterocycles. The third-order valence-corrected chi connectivity index (χ3v) is 10.8. The molecule has 1 aliphatic rings. The number of likely N-dealkylation sites (tertiary alicyclic amines) is 1. The maximum atomic E-state index is 13.9. The molecule has 0 bridgehead atoms. The predicted molar refractivity (Wildman–Crippen MR) is 247 cm³/mol. The quantitative estimate of drug-likeness (QED) is 0.0266. The van der Waals surface area contributed by atoms with Gasteiger partial charge in [-0.2, -0.15) is 0 Å². The van der Waals surface area contributed by atoms with Gasteiger partial charge in [0.2, 0.25) is 59.1 Å². The Kier molecular flexibility index (Phi) is 28.0. The van der Waals surface area contributed by atoms with E-state index in [0.29, 0.717) is 12.8 Å². The lowest BCUT2D eigenvalue weighted by Crippen LogP contribution is -2.60. The summed E-state index contributed by atoms with van der Waals surface area (Å²) in [5, 5.41) is 66.7. The van der Waals surface area contributed by atoms with Gasteiger partial charge in [-0.25, -0.2) is 4.79 Å². The Hall–Kier alpha value is -7.05. The van der Waals surface area contributed by atoms with E-state index in [1.165, 1.54) is 0 Å². The van der Waals surface area contributed by atoms with E-state index in [1.54, 1.807) is 13.8 Å². The van der Waals surface area contributed by atoms with E-state index < -0.39 is 183 Å². The third kappa shape index (κ3) is 22.8. The normalized spacial score (nSPS) is 16.4. The number of nitrogens with zero attached hydrogens (tertiary/aromatic N) is 1. The smallest absolute Gasteiger partial charge is 0.326 e. The van der Waals surface area contributed by atoms with Crippen molar-refractivity contribution in [2.45, 2.75) is 146 Å². The van der Waals surface area contributed by atoms with Gasteiger partial charge >= 0.3 is 17.9 Å². The Morgan fingerprint density at radius 1 is 0.625 bits per heavy atom. The average molecular weight is 1030 g/mol. The van der Waals surface area contributed by atoms with Crippen molar-refractivity contribution in [2.75, 3.05) is 32.8 Å². The molecule has 0 saturated carbocycles. The molecule has 406 valence electrons. The third-order valence-electron chi connectivity index (χ3n) is 10.8. The van der Waals surface area contributed by atoms with Crippen LogP contribution in [0, 0.1) is 5.92 Å². The number of primary amides is 1. The number of carboxylic acids is 3. The van der Waals surface area contributed by atoms with Crippen LogP contribution in [0.2, 0.25) is 0 Å². The highest BCUT2D eigenvalue weighted by atomic mass is 16.4. The summed E-state index contributed by atoms with van der Waals surface area (Å²) in [5.41, 5.74) is 15.9. The molecule has 19 N–H and O–H groups in total. The van der Waals surface area contributed by atoms with Gasteiger partial charge in [0, 0.05) is 19.4 Å². The van der Waals surface area contributed by atoms with Gasteiger partial charge in [-0.05, 0) is 70.8 Å². The summed E-state index contributed by atoms with van der Waals surface area (Å²) in [6, 6.07) is -12.7. The van der Waals surface area contributed by atoms with E-state index in [2.05, 4.69) is 42.5 Å². The first-order chi connectivity index (χ1) is 33.8. The van der Waals surface area contributed by atoms with Gasteiger partial charge in [0.1, 0.15) is 48.3 Å². The van der Waals surface area contributed by atoms with Crippen molar-refractivity contribution in [1.82, 2.24) is 47.4 Å². The van der Waals surface area contributed by atoms with E-state index in [1.807, 2.05) is 0 Å². The molecule has 1 aliphatic heterocycles. The molecule has 0 spiro atoms. The zero-order valence-corrected chi connectivity index (χ0v) is 40.3. The van der Waals surface area contributed by atoms with Gasteiger partial charge in [0.25, 0.3) is 0 Å². The lowest BCUT2D eigenvalue weighted by Gasteiger charge is -2.30. The Bertz CT molecular complexity index is 1950. The molecule has 0 aliphatic carbocycles. The Balaban J connectivity index is 3.24. The molecule has 0 radical (unpaired) electrons. The number of amides is 10. The van der Waals surface area contributed by atoms with Gasteiger partial charge in [-0.1, -0.05) is 13.8 Å². The fourth-order valence-corrected chi connectivity index (χ4v) is 7.14. The number of carboxylic acid groups (broad SMARTS) is 3. The summed E-state index contributed by atoms with van der Waals surface area (Å²) in [5.74, 6) is -15.0. The summed E-state index contributed by atoms with van der Waals surface area (Å²) in [7, 11) is 0. The zero-order chi connectivity index (χ0) is 54.8. The highest BCUT2D eigenvalue weighted by Crippen LogP contribution is 2.20. The number of aliphatic hydroxyl groups is 2. The Labute approximate surface area is 413 Å².